The Morgan fingerprint density at radius 2 is 2.18 bits per heavy atom. The van der Waals surface area contributed by atoms with Gasteiger partial charge in [0.05, 0.1) is 11.7 Å². The van der Waals surface area contributed by atoms with Crippen molar-refractivity contribution in [3.8, 4) is 0 Å². The normalized spacial score (nSPS) is 25.6. The van der Waals surface area contributed by atoms with E-state index in [9.17, 15) is 4.79 Å². The standard InChI is InChI=1S/C15H18BrN5O/c1-19-6-4-11-3-2-10(9-21(11)15(19)22)14-18-13(16)12-8-17-5-7-20(12)14/h5,7-8,10-11H,2-4,6,9H2,1H3. The summed E-state index contributed by atoms with van der Waals surface area (Å²) in [6.45, 7) is 1.62. The van der Waals surface area contributed by atoms with Gasteiger partial charge in [-0.3, -0.25) is 9.38 Å². The van der Waals surface area contributed by atoms with Crippen LogP contribution in [0.15, 0.2) is 23.2 Å². The fraction of sp³-hybridized carbons (Fsp3) is 0.533. The largest absolute Gasteiger partial charge is 0.328 e. The average Bonchev–Trinajstić information content (AvgIpc) is 2.88. The second kappa shape index (κ2) is 5.22. The van der Waals surface area contributed by atoms with Gasteiger partial charge in [-0.1, -0.05) is 0 Å². The molecule has 22 heavy (non-hydrogen) atoms. The topological polar surface area (TPSA) is 53.7 Å². The third-order valence-electron chi connectivity index (χ3n) is 4.87. The van der Waals surface area contributed by atoms with E-state index in [0.717, 1.165) is 48.3 Å². The third-order valence-corrected chi connectivity index (χ3v) is 5.45. The molecule has 0 radical (unpaired) electrons. The lowest BCUT2D eigenvalue weighted by molar-refractivity contribution is 0.0805. The molecule has 4 rings (SSSR count). The summed E-state index contributed by atoms with van der Waals surface area (Å²) in [5.41, 5.74) is 0.974. The molecule has 2 aromatic heterocycles. The van der Waals surface area contributed by atoms with Crippen molar-refractivity contribution in [2.45, 2.75) is 31.2 Å². The number of nitrogens with zero attached hydrogens (tertiary/aromatic N) is 5. The number of rotatable bonds is 1. The molecule has 6 nitrogen and oxygen atoms in total. The molecule has 0 N–H and O–H groups in total. The monoisotopic (exact) mass is 363 g/mol. The van der Waals surface area contributed by atoms with Crippen molar-refractivity contribution in [1.29, 1.82) is 0 Å². The van der Waals surface area contributed by atoms with E-state index in [2.05, 4.69) is 30.3 Å². The number of urea groups is 1. The van der Waals surface area contributed by atoms with E-state index in [4.69, 9.17) is 0 Å². The first kappa shape index (κ1) is 14.0. The molecule has 2 aliphatic rings. The Labute approximate surface area is 137 Å². The number of hydrogen-bond acceptors (Lipinski definition) is 3. The van der Waals surface area contributed by atoms with Gasteiger partial charge in [-0.05, 0) is 35.2 Å². The molecule has 2 atom stereocenters. The summed E-state index contributed by atoms with van der Waals surface area (Å²) in [5.74, 6) is 1.29. The summed E-state index contributed by atoms with van der Waals surface area (Å²) in [6, 6.07) is 0.554. The zero-order valence-electron chi connectivity index (χ0n) is 12.4. The lowest BCUT2D eigenvalue weighted by Crippen LogP contribution is -2.56. The van der Waals surface area contributed by atoms with Gasteiger partial charge in [0.15, 0.2) is 0 Å². The van der Waals surface area contributed by atoms with Crippen LogP contribution < -0.4 is 0 Å². The summed E-state index contributed by atoms with van der Waals surface area (Å²) >= 11 is 3.51. The van der Waals surface area contributed by atoms with Gasteiger partial charge >= 0.3 is 6.03 Å². The predicted octanol–water partition coefficient (Wildman–Crippen LogP) is 2.50. The van der Waals surface area contributed by atoms with Crippen molar-refractivity contribution >= 4 is 27.5 Å². The van der Waals surface area contributed by atoms with E-state index in [1.165, 1.54) is 0 Å². The number of imidazole rings is 1. The Kier molecular flexibility index (Phi) is 3.32. The molecule has 7 heteroatoms. The van der Waals surface area contributed by atoms with E-state index in [1.807, 2.05) is 29.2 Å². The predicted molar refractivity (Wildman–Crippen MR) is 85.8 cm³/mol. The van der Waals surface area contributed by atoms with Gasteiger partial charge in [0.25, 0.3) is 0 Å². The highest BCUT2D eigenvalue weighted by Gasteiger charge is 2.38. The maximum atomic E-state index is 12.4. The molecule has 0 spiro atoms. The van der Waals surface area contributed by atoms with Gasteiger partial charge in [-0.15, -0.1) is 0 Å². The molecule has 4 heterocycles. The van der Waals surface area contributed by atoms with Crippen LogP contribution in [-0.4, -0.2) is 56.4 Å². The van der Waals surface area contributed by atoms with Crippen molar-refractivity contribution in [3.63, 3.8) is 0 Å². The lowest BCUT2D eigenvalue weighted by atomic mass is 9.89. The SMILES string of the molecule is CN1CCC2CCC(c3nc(Br)c4cnccn34)CN2C1=O. The number of piperidine rings is 1. The van der Waals surface area contributed by atoms with Gasteiger partial charge in [0, 0.05) is 44.5 Å². The number of carbonyl (C=O) groups excluding carboxylic acids is 1. The van der Waals surface area contributed by atoms with Crippen LogP contribution >= 0.6 is 15.9 Å². The van der Waals surface area contributed by atoms with Gasteiger partial charge < -0.3 is 9.80 Å². The van der Waals surface area contributed by atoms with Crippen LogP contribution in [0.3, 0.4) is 0 Å². The third kappa shape index (κ3) is 2.10. The molecular weight excluding hydrogens is 346 g/mol. The van der Waals surface area contributed by atoms with Gasteiger partial charge in [0.2, 0.25) is 0 Å². The van der Waals surface area contributed by atoms with Gasteiger partial charge in [-0.25, -0.2) is 9.78 Å². The smallest absolute Gasteiger partial charge is 0.320 e. The summed E-state index contributed by atoms with van der Waals surface area (Å²) in [6.07, 6.45) is 8.74. The minimum Gasteiger partial charge on any atom is -0.328 e. The zero-order chi connectivity index (χ0) is 15.3. The van der Waals surface area contributed by atoms with Crippen LogP contribution in [0, 0.1) is 0 Å². The molecule has 2 aromatic rings. The van der Waals surface area contributed by atoms with Crippen LogP contribution in [0.4, 0.5) is 4.79 Å². The van der Waals surface area contributed by atoms with Gasteiger partial charge in [-0.2, -0.15) is 0 Å². The molecule has 0 aromatic carbocycles. The highest BCUT2D eigenvalue weighted by atomic mass is 79.9. The van der Waals surface area contributed by atoms with E-state index in [0.29, 0.717) is 6.04 Å². The Balaban J connectivity index is 1.67. The fourth-order valence-electron chi connectivity index (χ4n) is 3.64. The van der Waals surface area contributed by atoms with E-state index < -0.39 is 0 Å². The molecule has 116 valence electrons. The minimum atomic E-state index is 0.155. The quantitative estimate of drug-likeness (QED) is 0.781. The minimum absolute atomic E-state index is 0.155. The first-order valence-electron chi connectivity index (χ1n) is 7.64. The summed E-state index contributed by atoms with van der Waals surface area (Å²) < 4.78 is 2.90. The first-order chi connectivity index (χ1) is 10.6. The Hall–Kier alpha value is -1.63. The number of aromatic nitrogens is 3. The van der Waals surface area contributed by atoms with E-state index >= 15 is 0 Å². The molecule has 2 saturated heterocycles. The average molecular weight is 364 g/mol. The molecule has 2 aliphatic heterocycles. The van der Waals surface area contributed by atoms with Crippen molar-refractivity contribution in [2.75, 3.05) is 20.1 Å². The molecular formula is C15H18BrN5O. The van der Waals surface area contributed by atoms with Crippen LogP contribution in [0.5, 0.6) is 0 Å². The summed E-state index contributed by atoms with van der Waals surface area (Å²) in [5, 5.41) is 0. The number of fused-ring (bicyclic) bond motifs is 2. The highest BCUT2D eigenvalue weighted by Crippen LogP contribution is 2.34. The Morgan fingerprint density at radius 1 is 1.32 bits per heavy atom. The number of hydrogen-bond donors (Lipinski definition) is 0. The van der Waals surface area contributed by atoms with Crippen LogP contribution in [0.1, 0.15) is 31.0 Å². The Bertz CT molecular complexity index is 730. The molecule has 2 fully saturated rings. The van der Waals surface area contributed by atoms with Crippen molar-refractivity contribution in [2.24, 2.45) is 0 Å². The molecule has 0 bridgehead atoms. The second-order valence-electron chi connectivity index (χ2n) is 6.17. The summed E-state index contributed by atoms with van der Waals surface area (Å²) in [7, 11) is 1.88. The fourth-order valence-corrected chi connectivity index (χ4v) is 4.12. The molecule has 0 aliphatic carbocycles. The highest BCUT2D eigenvalue weighted by molar-refractivity contribution is 9.10. The molecule has 2 unspecified atom stereocenters. The van der Waals surface area contributed by atoms with E-state index in [-0.39, 0.29) is 11.9 Å². The molecule has 0 saturated carbocycles. The van der Waals surface area contributed by atoms with Crippen LogP contribution in [0.25, 0.3) is 5.52 Å². The van der Waals surface area contributed by atoms with Gasteiger partial charge in [0.1, 0.15) is 10.4 Å². The van der Waals surface area contributed by atoms with E-state index in [1.54, 1.807) is 6.20 Å². The lowest BCUT2D eigenvalue weighted by Gasteiger charge is -2.45. The van der Waals surface area contributed by atoms with Crippen molar-refractivity contribution in [3.05, 3.63) is 29.0 Å². The molecule has 2 amide bonds. The maximum absolute atomic E-state index is 12.4. The second-order valence-corrected chi connectivity index (χ2v) is 6.92. The maximum Gasteiger partial charge on any atom is 0.320 e. The number of halogens is 1. The van der Waals surface area contributed by atoms with Crippen molar-refractivity contribution in [1.82, 2.24) is 24.2 Å². The van der Waals surface area contributed by atoms with Crippen LogP contribution in [0.2, 0.25) is 0 Å². The number of carbonyl (C=O) groups is 1. The van der Waals surface area contributed by atoms with Crippen LogP contribution in [-0.2, 0) is 0 Å². The van der Waals surface area contributed by atoms with Crippen molar-refractivity contribution < 1.29 is 4.79 Å². The first-order valence-corrected chi connectivity index (χ1v) is 8.43. The Morgan fingerprint density at radius 3 is 3.05 bits per heavy atom. The number of amides is 2. The zero-order valence-corrected chi connectivity index (χ0v) is 14.0. The summed E-state index contributed by atoms with van der Waals surface area (Å²) in [4.78, 5) is 25.1.